The van der Waals surface area contributed by atoms with Crippen LogP contribution < -0.4 is 4.90 Å². The van der Waals surface area contributed by atoms with E-state index in [-0.39, 0.29) is 5.92 Å². The highest BCUT2D eigenvalue weighted by molar-refractivity contribution is 5.78. The number of likely N-dealkylation sites (tertiary alicyclic amines) is 3. The van der Waals surface area contributed by atoms with Crippen LogP contribution in [0.15, 0.2) is 24.7 Å². The molecule has 2 atom stereocenters. The first kappa shape index (κ1) is 23.6. The fourth-order valence-corrected chi connectivity index (χ4v) is 6.63. The van der Waals surface area contributed by atoms with Gasteiger partial charge in [-0.25, -0.2) is 9.97 Å². The lowest BCUT2D eigenvalue weighted by atomic mass is 9.89. The summed E-state index contributed by atoms with van der Waals surface area (Å²) in [6, 6.07) is 1.64. The van der Waals surface area contributed by atoms with Crippen LogP contribution in [0.25, 0.3) is 0 Å². The number of hydrogen-bond acceptors (Lipinski definition) is 6. The molecule has 7 nitrogen and oxygen atoms in total. The SMILES string of the molecule is C=C(C)N1CC2CCC(C1)N2c1ncc(C2CCN(C3CCN(C(=O)C(C)C)CC3)CC2)cn1. The van der Waals surface area contributed by atoms with Crippen LogP contribution in [0.3, 0.4) is 0 Å². The van der Waals surface area contributed by atoms with Crippen LogP contribution >= 0.6 is 0 Å². The van der Waals surface area contributed by atoms with E-state index in [2.05, 4.69) is 45.5 Å². The Morgan fingerprint density at radius 1 is 0.882 bits per heavy atom. The molecule has 5 heterocycles. The van der Waals surface area contributed by atoms with Crippen LogP contribution in [0.4, 0.5) is 5.95 Å². The molecule has 34 heavy (non-hydrogen) atoms. The number of carbonyl (C=O) groups excluding carboxylic acids is 1. The molecule has 4 saturated heterocycles. The van der Waals surface area contributed by atoms with E-state index in [0.717, 1.165) is 58.1 Å². The van der Waals surface area contributed by atoms with E-state index >= 15 is 0 Å². The Labute approximate surface area is 205 Å². The maximum Gasteiger partial charge on any atom is 0.225 e. The molecule has 186 valence electrons. The first-order valence-electron chi connectivity index (χ1n) is 13.4. The molecule has 7 heteroatoms. The van der Waals surface area contributed by atoms with E-state index in [1.807, 2.05) is 13.8 Å². The maximum absolute atomic E-state index is 12.3. The molecule has 5 rings (SSSR count). The zero-order valence-corrected chi connectivity index (χ0v) is 21.3. The summed E-state index contributed by atoms with van der Waals surface area (Å²) < 4.78 is 0. The van der Waals surface area contributed by atoms with Gasteiger partial charge in [-0.15, -0.1) is 0 Å². The summed E-state index contributed by atoms with van der Waals surface area (Å²) in [5.74, 6) is 1.89. The summed E-state index contributed by atoms with van der Waals surface area (Å²) in [5, 5.41) is 0. The number of anilines is 1. The van der Waals surface area contributed by atoms with Gasteiger partial charge in [-0.3, -0.25) is 4.79 Å². The van der Waals surface area contributed by atoms with Gasteiger partial charge in [0.2, 0.25) is 11.9 Å². The quantitative estimate of drug-likeness (QED) is 0.662. The topological polar surface area (TPSA) is 55.8 Å². The van der Waals surface area contributed by atoms with Crippen molar-refractivity contribution in [1.82, 2.24) is 24.7 Å². The standard InChI is InChI=1S/C27H42N6O/c1-19(2)26(34)31-13-9-23(10-14-31)30-11-7-21(8-12-30)22-15-28-27(29-16-22)33-24-5-6-25(33)18-32(17-24)20(3)4/h15-16,19,21,23-25H,3,5-14,17-18H2,1-2,4H3. The number of nitrogens with zero attached hydrogens (tertiary/aromatic N) is 6. The van der Waals surface area contributed by atoms with Gasteiger partial charge in [0.1, 0.15) is 0 Å². The number of amides is 1. The molecule has 4 fully saturated rings. The Kier molecular flexibility index (Phi) is 6.83. The van der Waals surface area contributed by atoms with E-state index in [1.54, 1.807) is 0 Å². The number of allylic oxidation sites excluding steroid dienone is 1. The van der Waals surface area contributed by atoms with Gasteiger partial charge in [0, 0.05) is 68.3 Å². The minimum Gasteiger partial charge on any atom is -0.371 e. The molecule has 0 spiro atoms. The van der Waals surface area contributed by atoms with Crippen molar-refractivity contribution in [3.63, 3.8) is 0 Å². The van der Waals surface area contributed by atoms with Crippen molar-refractivity contribution in [2.24, 2.45) is 5.92 Å². The lowest BCUT2D eigenvalue weighted by Gasteiger charge is -2.42. The Morgan fingerprint density at radius 2 is 1.47 bits per heavy atom. The van der Waals surface area contributed by atoms with Crippen molar-refractivity contribution in [3.8, 4) is 0 Å². The third-order valence-electron chi connectivity index (χ3n) is 8.70. The van der Waals surface area contributed by atoms with Crippen molar-refractivity contribution in [2.75, 3.05) is 44.2 Å². The summed E-state index contributed by atoms with van der Waals surface area (Å²) in [6.45, 7) is 16.5. The van der Waals surface area contributed by atoms with Crippen LogP contribution in [-0.2, 0) is 4.79 Å². The second-order valence-corrected chi connectivity index (χ2v) is 11.3. The molecular weight excluding hydrogens is 424 g/mol. The molecule has 2 bridgehead atoms. The highest BCUT2D eigenvalue weighted by atomic mass is 16.2. The first-order valence-corrected chi connectivity index (χ1v) is 13.4. The Bertz CT molecular complexity index is 856. The van der Waals surface area contributed by atoms with E-state index in [1.165, 1.54) is 36.9 Å². The summed E-state index contributed by atoms with van der Waals surface area (Å²) >= 11 is 0. The lowest BCUT2D eigenvalue weighted by molar-refractivity contribution is -0.136. The van der Waals surface area contributed by atoms with E-state index < -0.39 is 0 Å². The highest BCUT2D eigenvalue weighted by Gasteiger charge is 2.41. The largest absolute Gasteiger partial charge is 0.371 e. The van der Waals surface area contributed by atoms with Gasteiger partial charge in [0.15, 0.2) is 0 Å². The number of piperazine rings is 1. The third-order valence-corrected chi connectivity index (χ3v) is 8.70. The predicted molar refractivity (Wildman–Crippen MR) is 136 cm³/mol. The second kappa shape index (κ2) is 9.84. The lowest BCUT2D eigenvalue weighted by Crippen LogP contribution is -2.53. The molecule has 1 amide bonds. The smallest absolute Gasteiger partial charge is 0.225 e. The summed E-state index contributed by atoms with van der Waals surface area (Å²) in [7, 11) is 0. The zero-order valence-electron chi connectivity index (χ0n) is 21.3. The van der Waals surface area contributed by atoms with Crippen LogP contribution in [0, 0.1) is 5.92 Å². The monoisotopic (exact) mass is 466 g/mol. The van der Waals surface area contributed by atoms with Gasteiger partial charge in [0.25, 0.3) is 0 Å². The van der Waals surface area contributed by atoms with Gasteiger partial charge in [-0.1, -0.05) is 20.4 Å². The third kappa shape index (κ3) is 4.68. The van der Waals surface area contributed by atoms with Crippen LogP contribution in [0.2, 0.25) is 0 Å². The zero-order chi connectivity index (χ0) is 23.8. The number of aromatic nitrogens is 2. The fourth-order valence-electron chi connectivity index (χ4n) is 6.63. The minimum absolute atomic E-state index is 0.108. The summed E-state index contributed by atoms with van der Waals surface area (Å²) in [4.78, 5) is 31.6. The molecule has 1 aromatic rings. The Balaban J connectivity index is 1.13. The fraction of sp³-hybridized carbons (Fsp3) is 0.741. The van der Waals surface area contributed by atoms with Gasteiger partial charge in [-0.2, -0.15) is 0 Å². The molecule has 4 aliphatic rings. The Hall–Kier alpha value is -2.15. The number of rotatable bonds is 5. The molecule has 4 aliphatic heterocycles. The van der Waals surface area contributed by atoms with Crippen LogP contribution in [0.5, 0.6) is 0 Å². The molecule has 0 aromatic carbocycles. The van der Waals surface area contributed by atoms with E-state index in [4.69, 9.17) is 9.97 Å². The van der Waals surface area contributed by atoms with Crippen molar-refractivity contribution >= 4 is 11.9 Å². The number of fused-ring (bicyclic) bond motifs is 2. The number of carbonyl (C=O) groups is 1. The van der Waals surface area contributed by atoms with Gasteiger partial charge < -0.3 is 19.6 Å². The summed E-state index contributed by atoms with van der Waals surface area (Å²) in [5.41, 5.74) is 2.47. The average molecular weight is 467 g/mol. The van der Waals surface area contributed by atoms with Gasteiger partial charge >= 0.3 is 0 Å². The average Bonchev–Trinajstić information content (AvgIpc) is 3.12. The molecule has 0 N–H and O–H groups in total. The molecule has 0 radical (unpaired) electrons. The van der Waals surface area contributed by atoms with E-state index in [9.17, 15) is 4.79 Å². The first-order chi connectivity index (χ1) is 16.4. The predicted octanol–water partition coefficient (Wildman–Crippen LogP) is 3.49. The van der Waals surface area contributed by atoms with Crippen molar-refractivity contribution in [2.45, 2.75) is 83.3 Å². The van der Waals surface area contributed by atoms with E-state index in [0.29, 0.717) is 30.0 Å². The molecule has 0 aliphatic carbocycles. The number of piperidine rings is 2. The van der Waals surface area contributed by atoms with Crippen LogP contribution in [-0.4, -0.2) is 88.0 Å². The second-order valence-electron chi connectivity index (χ2n) is 11.3. The molecule has 0 saturated carbocycles. The van der Waals surface area contributed by atoms with Crippen LogP contribution in [0.1, 0.15) is 70.8 Å². The minimum atomic E-state index is 0.108. The highest BCUT2D eigenvalue weighted by Crippen LogP contribution is 2.35. The maximum atomic E-state index is 12.3. The van der Waals surface area contributed by atoms with Gasteiger partial charge in [0.05, 0.1) is 0 Å². The molecule has 2 unspecified atom stereocenters. The number of hydrogen-bond donors (Lipinski definition) is 0. The van der Waals surface area contributed by atoms with Gasteiger partial charge in [-0.05, 0) is 70.0 Å². The molecule has 1 aromatic heterocycles. The normalized spacial score (nSPS) is 27.0. The Morgan fingerprint density at radius 3 is 2.00 bits per heavy atom. The molecular formula is C27H42N6O. The summed E-state index contributed by atoms with van der Waals surface area (Å²) in [6.07, 6.45) is 11.2. The van der Waals surface area contributed by atoms with Crippen molar-refractivity contribution in [3.05, 3.63) is 30.2 Å². The van der Waals surface area contributed by atoms with Crippen molar-refractivity contribution < 1.29 is 4.79 Å². The van der Waals surface area contributed by atoms with Crippen molar-refractivity contribution in [1.29, 1.82) is 0 Å².